The summed E-state index contributed by atoms with van der Waals surface area (Å²) in [5.41, 5.74) is 1.34. The highest BCUT2D eigenvalue weighted by molar-refractivity contribution is 7.15. The van der Waals surface area contributed by atoms with Crippen molar-refractivity contribution in [3.05, 3.63) is 35.2 Å². The van der Waals surface area contributed by atoms with E-state index in [4.69, 9.17) is 4.74 Å². The molecule has 5 nitrogen and oxygen atoms in total. The summed E-state index contributed by atoms with van der Waals surface area (Å²) in [5, 5.41) is 6.92. The van der Waals surface area contributed by atoms with Gasteiger partial charge in [-0.25, -0.2) is 14.2 Å². The summed E-state index contributed by atoms with van der Waals surface area (Å²) in [7, 11) is 1.77. The number of carbonyl (C=O) groups excluding carboxylic acids is 1. The van der Waals surface area contributed by atoms with E-state index in [1.54, 1.807) is 30.6 Å². The van der Waals surface area contributed by atoms with Crippen LogP contribution in [-0.2, 0) is 4.74 Å². The molecule has 0 saturated heterocycles. The number of hydrogen-bond acceptors (Lipinski definition) is 5. The molecule has 3 rings (SSSR count). The fraction of sp³-hybridized carbons (Fsp3) is 0.500. The van der Waals surface area contributed by atoms with E-state index < -0.39 is 0 Å². The molecule has 1 aliphatic carbocycles. The molecule has 1 heterocycles. The quantitative estimate of drug-likeness (QED) is 0.740. The zero-order chi connectivity index (χ0) is 19.4. The van der Waals surface area contributed by atoms with E-state index in [1.165, 1.54) is 6.07 Å². The summed E-state index contributed by atoms with van der Waals surface area (Å²) in [6.45, 7) is 3.68. The predicted octanol–water partition coefficient (Wildman–Crippen LogP) is 5.15. The van der Waals surface area contributed by atoms with Crippen molar-refractivity contribution in [1.82, 2.24) is 10.3 Å². The Hall–Kier alpha value is -2.15. The number of rotatable bonds is 5. The van der Waals surface area contributed by atoms with Gasteiger partial charge in [-0.2, -0.15) is 0 Å². The first-order valence-electron chi connectivity index (χ1n) is 9.36. The number of halogens is 1. The molecular formula is C20H26FN3O2S. The lowest BCUT2D eigenvalue weighted by Crippen LogP contribution is -2.38. The number of thiazole rings is 1. The third-order valence-electron chi connectivity index (χ3n) is 4.79. The Morgan fingerprint density at radius 1 is 1.30 bits per heavy atom. The first kappa shape index (κ1) is 19.6. The predicted molar refractivity (Wildman–Crippen MR) is 107 cm³/mol. The Balaban J connectivity index is 1.59. The number of amides is 1. The third-order valence-corrected chi connectivity index (χ3v) is 5.98. The monoisotopic (exact) mass is 391 g/mol. The van der Waals surface area contributed by atoms with Crippen molar-refractivity contribution < 1.29 is 13.9 Å². The molecule has 27 heavy (non-hydrogen) atoms. The Kier molecular flexibility index (Phi) is 6.31. The summed E-state index contributed by atoms with van der Waals surface area (Å²) >= 11 is 1.56. The van der Waals surface area contributed by atoms with Crippen molar-refractivity contribution in [3.63, 3.8) is 0 Å². The van der Waals surface area contributed by atoms with Gasteiger partial charge >= 0.3 is 6.09 Å². The minimum atomic E-state index is -0.342. The van der Waals surface area contributed by atoms with Gasteiger partial charge in [0.2, 0.25) is 0 Å². The van der Waals surface area contributed by atoms with Crippen LogP contribution in [0.4, 0.5) is 14.9 Å². The van der Waals surface area contributed by atoms with Gasteiger partial charge in [0, 0.05) is 36.5 Å². The van der Waals surface area contributed by atoms with Crippen LogP contribution in [0, 0.1) is 5.82 Å². The molecule has 0 radical (unpaired) electrons. The smallest absolute Gasteiger partial charge is 0.407 e. The van der Waals surface area contributed by atoms with E-state index in [0.717, 1.165) is 41.3 Å². The lowest BCUT2D eigenvalue weighted by molar-refractivity contribution is 0.109. The fourth-order valence-electron chi connectivity index (χ4n) is 3.37. The number of ether oxygens (including phenoxy) is 1. The van der Waals surface area contributed by atoms with E-state index in [-0.39, 0.29) is 24.1 Å². The molecular weight excluding hydrogens is 365 g/mol. The normalized spacial score (nSPS) is 19.7. The molecule has 1 aliphatic rings. The molecule has 2 N–H and O–H groups in total. The number of alkyl carbamates (subject to hydrolysis) is 1. The Labute approximate surface area is 163 Å². The van der Waals surface area contributed by atoms with Gasteiger partial charge in [0.05, 0.1) is 16.0 Å². The molecule has 1 aromatic heterocycles. The average Bonchev–Trinajstić information content (AvgIpc) is 3.11. The first-order valence-corrected chi connectivity index (χ1v) is 10.2. The highest BCUT2D eigenvalue weighted by atomic mass is 32.1. The second kappa shape index (κ2) is 8.69. The Bertz CT molecular complexity index is 785. The minimum absolute atomic E-state index is 0.113. The summed E-state index contributed by atoms with van der Waals surface area (Å²) in [4.78, 5) is 17.1. The molecule has 0 spiro atoms. The molecule has 1 amide bonds. The van der Waals surface area contributed by atoms with Crippen molar-refractivity contribution in [3.8, 4) is 10.4 Å². The molecule has 1 fully saturated rings. The molecule has 146 valence electrons. The maximum absolute atomic E-state index is 14.3. The van der Waals surface area contributed by atoms with Gasteiger partial charge in [-0.15, -0.1) is 11.3 Å². The van der Waals surface area contributed by atoms with Crippen molar-refractivity contribution in [2.45, 2.75) is 57.6 Å². The van der Waals surface area contributed by atoms with E-state index in [9.17, 15) is 9.18 Å². The van der Waals surface area contributed by atoms with Crippen LogP contribution >= 0.6 is 11.3 Å². The van der Waals surface area contributed by atoms with Crippen molar-refractivity contribution in [2.75, 3.05) is 12.4 Å². The number of carbonyl (C=O) groups is 1. The van der Waals surface area contributed by atoms with Crippen LogP contribution < -0.4 is 10.6 Å². The number of benzene rings is 1. The maximum Gasteiger partial charge on any atom is 0.407 e. The number of anilines is 1. The first-order chi connectivity index (χ1) is 13.0. The van der Waals surface area contributed by atoms with Crippen LogP contribution in [0.25, 0.3) is 10.4 Å². The van der Waals surface area contributed by atoms with Gasteiger partial charge in [-0.1, -0.05) is 0 Å². The van der Waals surface area contributed by atoms with Crippen LogP contribution in [0.2, 0.25) is 0 Å². The number of nitrogens with one attached hydrogen (secondary N) is 2. The van der Waals surface area contributed by atoms with E-state index >= 15 is 0 Å². The molecule has 0 unspecified atom stereocenters. The molecule has 1 saturated carbocycles. The highest BCUT2D eigenvalue weighted by Crippen LogP contribution is 2.38. The largest absolute Gasteiger partial charge is 0.447 e. The number of nitrogens with zero attached hydrogens (tertiary/aromatic N) is 1. The number of aromatic nitrogens is 1. The van der Waals surface area contributed by atoms with Gasteiger partial charge < -0.3 is 15.4 Å². The second-order valence-electron chi connectivity index (χ2n) is 7.15. The van der Waals surface area contributed by atoms with Crippen LogP contribution in [-0.4, -0.2) is 30.3 Å². The van der Waals surface area contributed by atoms with Gasteiger partial charge in [-0.3, -0.25) is 0 Å². The standard InChI is InChI=1S/C20H26FN3O2S/c1-12(2)26-20(25)24-14-6-4-13(5-7-14)19-23-11-18(27-19)16-9-8-15(22-3)10-17(16)21/h8-14,22H,4-7H2,1-3H3,(H,24,25)/t13-,14-. The second-order valence-corrected chi connectivity index (χ2v) is 8.22. The number of hydrogen-bond donors (Lipinski definition) is 2. The summed E-state index contributed by atoms with van der Waals surface area (Å²) in [6, 6.07) is 5.31. The lowest BCUT2D eigenvalue weighted by atomic mass is 9.86. The molecule has 1 aromatic carbocycles. The average molecular weight is 392 g/mol. The van der Waals surface area contributed by atoms with E-state index in [0.29, 0.717) is 11.5 Å². The van der Waals surface area contributed by atoms with Crippen LogP contribution in [0.3, 0.4) is 0 Å². The molecule has 0 bridgehead atoms. The summed E-state index contributed by atoms with van der Waals surface area (Å²) < 4.78 is 19.5. The summed E-state index contributed by atoms with van der Waals surface area (Å²) in [5.74, 6) is 0.121. The van der Waals surface area contributed by atoms with Crippen molar-refractivity contribution in [2.24, 2.45) is 0 Å². The van der Waals surface area contributed by atoms with Gasteiger partial charge in [0.15, 0.2) is 0 Å². The SMILES string of the molecule is CNc1ccc(-c2cnc([C@H]3CC[C@H](NC(=O)OC(C)C)CC3)s2)c(F)c1. The highest BCUT2D eigenvalue weighted by Gasteiger charge is 2.26. The zero-order valence-corrected chi connectivity index (χ0v) is 16.7. The minimum Gasteiger partial charge on any atom is -0.447 e. The van der Waals surface area contributed by atoms with Gasteiger partial charge in [-0.05, 0) is 57.7 Å². The Morgan fingerprint density at radius 3 is 2.67 bits per heavy atom. The maximum atomic E-state index is 14.3. The van der Waals surface area contributed by atoms with Crippen molar-refractivity contribution >= 4 is 23.1 Å². The van der Waals surface area contributed by atoms with Crippen LogP contribution in [0.1, 0.15) is 50.5 Å². The zero-order valence-electron chi connectivity index (χ0n) is 15.9. The molecule has 0 atom stereocenters. The van der Waals surface area contributed by atoms with E-state index in [2.05, 4.69) is 15.6 Å². The van der Waals surface area contributed by atoms with Crippen LogP contribution in [0.5, 0.6) is 0 Å². The Morgan fingerprint density at radius 2 is 2.04 bits per heavy atom. The molecule has 7 heteroatoms. The van der Waals surface area contributed by atoms with Crippen molar-refractivity contribution in [1.29, 1.82) is 0 Å². The van der Waals surface area contributed by atoms with Crippen LogP contribution in [0.15, 0.2) is 24.4 Å². The summed E-state index contributed by atoms with van der Waals surface area (Å²) in [6.07, 6.45) is 5.03. The van der Waals surface area contributed by atoms with Gasteiger partial charge in [0.25, 0.3) is 0 Å². The van der Waals surface area contributed by atoms with Gasteiger partial charge in [0.1, 0.15) is 5.82 Å². The van der Waals surface area contributed by atoms with E-state index in [1.807, 2.05) is 19.9 Å². The molecule has 2 aromatic rings. The molecule has 0 aliphatic heterocycles. The third kappa shape index (κ3) is 4.97. The topological polar surface area (TPSA) is 63.2 Å². The fourth-order valence-corrected chi connectivity index (χ4v) is 4.48. The lowest BCUT2D eigenvalue weighted by Gasteiger charge is -2.28.